The fourth-order valence-electron chi connectivity index (χ4n) is 4.23. The molecule has 6 nitrogen and oxygen atoms in total. The highest BCUT2D eigenvalue weighted by Gasteiger charge is 2.23. The number of fused-ring (bicyclic) bond motifs is 1. The maximum atomic E-state index is 13.7. The monoisotopic (exact) mass is 485 g/mol. The third kappa shape index (κ3) is 6.52. The number of aryl methyl sites for hydroxylation is 1. The summed E-state index contributed by atoms with van der Waals surface area (Å²) in [5.74, 6) is -1.82. The number of aliphatic hydroxyl groups excluding tert-OH is 1. The number of rotatable bonds is 12. The quantitative estimate of drug-likeness (QED) is 0.335. The van der Waals surface area contributed by atoms with E-state index < -0.39 is 29.7 Å². The molecule has 0 saturated heterocycles. The van der Waals surface area contributed by atoms with Crippen LogP contribution in [0, 0.1) is 11.6 Å². The number of carbonyl (C=O) groups is 2. The molecule has 8 heteroatoms. The number of amides is 1. The molecule has 3 N–H and O–H groups in total. The minimum absolute atomic E-state index is 0.0417. The van der Waals surface area contributed by atoms with Crippen molar-refractivity contribution in [3.63, 3.8) is 0 Å². The number of halogens is 2. The summed E-state index contributed by atoms with van der Waals surface area (Å²) < 4.78 is 29.4. The number of Topliss-reactive ketones (excluding diaryl/α,β-unsaturated/α-hetero) is 1. The lowest BCUT2D eigenvalue weighted by molar-refractivity contribution is 0.0834. The number of aliphatic hydroxyl groups is 1. The number of hydrogen-bond acceptors (Lipinski definition) is 4. The summed E-state index contributed by atoms with van der Waals surface area (Å²) in [5, 5.41) is 17.1. The summed E-state index contributed by atoms with van der Waals surface area (Å²) in [6, 6.07) is 7.54. The van der Waals surface area contributed by atoms with E-state index in [4.69, 9.17) is 0 Å². The highest BCUT2D eigenvalue weighted by molar-refractivity contribution is 6.09. The number of benzene rings is 2. The van der Waals surface area contributed by atoms with Crippen LogP contribution in [0.2, 0.25) is 0 Å². The second-order valence-corrected chi connectivity index (χ2v) is 8.79. The zero-order valence-corrected chi connectivity index (χ0v) is 20.4. The van der Waals surface area contributed by atoms with Gasteiger partial charge < -0.3 is 20.3 Å². The maximum Gasteiger partial charge on any atom is 0.251 e. The smallest absolute Gasteiger partial charge is 0.251 e. The third-order valence-corrected chi connectivity index (χ3v) is 6.09. The fourth-order valence-corrected chi connectivity index (χ4v) is 4.23. The van der Waals surface area contributed by atoms with Crippen LogP contribution in [0.4, 0.5) is 8.78 Å². The van der Waals surface area contributed by atoms with Crippen molar-refractivity contribution >= 4 is 22.6 Å². The lowest BCUT2D eigenvalue weighted by Gasteiger charge is -2.24. The van der Waals surface area contributed by atoms with Gasteiger partial charge in [0.2, 0.25) is 0 Å². The molecule has 3 aromatic rings. The molecular formula is C27H33F2N3O3. The summed E-state index contributed by atoms with van der Waals surface area (Å²) >= 11 is 0. The van der Waals surface area contributed by atoms with Gasteiger partial charge in [0.25, 0.3) is 5.91 Å². The molecule has 1 heterocycles. The van der Waals surface area contributed by atoms with Crippen molar-refractivity contribution in [1.29, 1.82) is 0 Å². The molecule has 35 heavy (non-hydrogen) atoms. The van der Waals surface area contributed by atoms with Crippen molar-refractivity contribution in [3.8, 4) is 0 Å². The van der Waals surface area contributed by atoms with Crippen LogP contribution < -0.4 is 10.6 Å². The van der Waals surface area contributed by atoms with Gasteiger partial charge in [0.15, 0.2) is 5.78 Å². The fraction of sp³-hybridized carbons (Fsp3) is 0.407. The van der Waals surface area contributed by atoms with Gasteiger partial charge in [0.1, 0.15) is 11.6 Å². The van der Waals surface area contributed by atoms with Crippen LogP contribution in [0.5, 0.6) is 0 Å². The number of carbonyl (C=O) groups excluding carboxylic acids is 2. The third-order valence-electron chi connectivity index (χ3n) is 6.09. The van der Waals surface area contributed by atoms with Gasteiger partial charge in [0, 0.05) is 53.8 Å². The molecule has 0 spiro atoms. The predicted molar refractivity (Wildman–Crippen MR) is 133 cm³/mol. The molecule has 0 saturated carbocycles. The number of nitrogens with one attached hydrogen (secondary N) is 2. The number of aromatic nitrogens is 1. The molecular weight excluding hydrogens is 452 g/mol. The van der Waals surface area contributed by atoms with Gasteiger partial charge in [-0.2, -0.15) is 0 Å². The summed E-state index contributed by atoms with van der Waals surface area (Å²) in [6.45, 7) is 4.82. The molecule has 2 atom stereocenters. The van der Waals surface area contributed by atoms with Crippen LogP contribution in [0.15, 0.2) is 42.6 Å². The molecule has 0 fully saturated rings. The van der Waals surface area contributed by atoms with Gasteiger partial charge >= 0.3 is 0 Å². The summed E-state index contributed by atoms with van der Waals surface area (Å²) in [7, 11) is 1.66. The van der Waals surface area contributed by atoms with Gasteiger partial charge in [-0.3, -0.25) is 9.59 Å². The zero-order chi connectivity index (χ0) is 25.5. The number of nitrogens with zero attached hydrogens (tertiary/aromatic N) is 1. The topological polar surface area (TPSA) is 83.4 Å². The molecule has 1 aromatic heterocycles. The second-order valence-electron chi connectivity index (χ2n) is 8.79. The molecule has 0 aliphatic carbocycles. The molecule has 0 aliphatic rings. The molecule has 2 aromatic carbocycles. The summed E-state index contributed by atoms with van der Waals surface area (Å²) in [4.78, 5) is 25.6. The Labute approximate surface area is 204 Å². The first-order valence-electron chi connectivity index (χ1n) is 12.0. The minimum Gasteiger partial charge on any atom is -0.390 e. The van der Waals surface area contributed by atoms with E-state index in [9.17, 15) is 23.5 Å². The van der Waals surface area contributed by atoms with Crippen molar-refractivity contribution in [2.45, 2.75) is 58.2 Å². The van der Waals surface area contributed by atoms with Crippen molar-refractivity contribution < 1.29 is 23.5 Å². The van der Waals surface area contributed by atoms with E-state index in [1.54, 1.807) is 25.2 Å². The second kappa shape index (κ2) is 12.0. The molecule has 1 amide bonds. The number of likely N-dealkylation sites (N-methyl/N-ethyl adjacent to an activating group) is 1. The Morgan fingerprint density at radius 2 is 1.80 bits per heavy atom. The van der Waals surface area contributed by atoms with Crippen LogP contribution in [0.3, 0.4) is 0 Å². The van der Waals surface area contributed by atoms with Crippen LogP contribution in [-0.4, -0.2) is 47.1 Å². The molecule has 2 unspecified atom stereocenters. The van der Waals surface area contributed by atoms with E-state index >= 15 is 0 Å². The van der Waals surface area contributed by atoms with E-state index in [1.165, 1.54) is 12.1 Å². The van der Waals surface area contributed by atoms with Crippen LogP contribution in [-0.2, 0) is 13.0 Å². The van der Waals surface area contributed by atoms with Crippen molar-refractivity contribution in [3.05, 3.63) is 70.9 Å². The zero-order valence-electron chi connectivity index (χ0n) is 20.4. The predicted octanol–water partition coefficient (Wildman–Crippen LogP) is 4.23. The van der Waals surface area contributed by atoms with Crippen LogP contribution in [0.25, 0.3) is 10.9 Å². The van der Waals surface area contributed by atoms with Crippen molar-refractivity contribution in [2.75, 3.05) is 13.6 Å². The van der Waals surface area contributed by atoms with E-state index in [0.717, 1.165) is 36.4 Å². The largest absolute Gasteiger partial charge is 0.390 e. The normalized spacial score (nSPS) is 13.1. The first-order valence-corrected chi connectivity index (χ1v) is 12.0. The minimum atomic E-state index is -0.985. The van der Waals surface area contributed by atoms with Gasteiger partial charge in [0.05, 0.1) is 12.1 Å². The highest BCUT2D eigenvalue weighted by Crippen LogP contribution is 2.25. The molecule has 188 valence electrons. The Kier molecular flexibility index (Phi) is 9.12. The van der Waals surface area contributed by atoms with Gasteiger partial charge in [-0.25, -0.2) is 8.78 Å². The van der Waals surface area contributed by atoms with Crippen molar-refractivity contribution in [1.82, 2.24) is 15.2 Å². The van der Waals surface area contributed by atoms with Gasteiger partial charge in [-0.05, 0) is 49.7 Å². The highest BCUT2D eigenvalue weighted by atomic mass is 19.1. The summed E-state index contributed by atoms with van der Waals surface area (Å²) in [5.41, 5.74) is 2.13. The van der Waals surface area contributed by atoms with E-state index in [2.05, 4.69) is 17.6 Å². The van der Waals surface area contributed by atoms with E-state index in [1.807, 2.05) is 17.7 Å². The lowest BCUT2D eigenvalue weighted by atomic mass is 10.00. The standard InChI is InChI=1S/C27H33F2N3O3/c1-4-6-9-32-16-22(25(33)5-2)21-8-7-18(13-24(21)32)27(35)31-23(26(34)15-30-3)12-17-10-19(28)14-20(29)11-17/h7-8,10-11,13-14,16,23,26,30,34H,4-6,9,12,15H2,1-3H3,(H,31,35). The Hall–Kier alpha value is -3.10. The average Bonchev–Trinajstić information content (AvgIpc) is 3.19. The van der Waals surface area contributed by atoms with Gasteiger partial charge in [-0.1, -0.05) is 26.3 Å². The first kappa shape index (κ1) is 26.5. The maximum absolute atomic E-state index is 13.7. The Balaban J connectivity index is 1.91. The van der Waals surface area contributed by atoms with E-state index in [0.29, 0.717) is 23.1 Å². The Bertz CT molecular complexity index is 1170. The Morgan fingerprint density at radius 1 is 1.09 bits per heavy atom. The van der Waals surface area contributed by atoms with E-state index in [-0.39, 0.29) is 18.7 Å². The number of hydrogen-bond donors (Lipinski definition) is 3. The Morgan fingerprint density at radius 3 is 2.43 bits per heavy atom. The van der Waals surface area contributed by atoms with Crippen molar-refractivity contribution in [2.24, 2.45) is 0 Å². The summed E-state index contributed by atoms with van der Waals surface area (Å²) in [6.07, 6.45) is 3.23. The number of ketones is 1. The van der Waals surface area contributed by atoms with Crippen LogP contribution in [0.1, 0.15) is 59.4 Å². The molecule has 3 rings (SSSR count). The SMILES string of the molecule is CCCCn1cc(C(=O)CC)c2ccc(C(=O)NC(Cc3cc(F)cc(F)c3)C(O)CNC)cc21. The van der Waals surface area contributed by atoms with Gasteiger partial charge in [-0.15, -0.1) is 0 Å². The molecule has 0 aliphatic heterocycles. The van der Waals surface area contributed by atoms with Crippen LogP contribution >= 0.6 is 0 Å². The first-order chi connectivity index (χ1) is 16.8. The average molecular weight is 486 g/mol. The molecule has 0 radical (unpaired) electrons. The molecule has 0 bridgehead atoms. The lowest BCUT2D eigenvalue weighted by Crippen LogP contribution is -2.48. The number of unbranched alkanes of at least 4 members (excludes halogenated alkanes) is 1.